The molecule has 1 atom stereocenters. The van der Waals surface area contributed by atoms with Crippen LogP contribution in [0.3, 0.4) is 0 Å². The molecule has 0 N–H and O–H groups in total. The lowest BCUT2D eigenvalue weighted by Gasteiger charge is -2.15. The summed E-state index contributed by atoms with van der Waals surface area (Å²) in [5, 5.41) is 0. The average Bonchev–Trinajstić information content (AvgIpc) is 2.31. The van der Waals surface area contributed by atoms with Gasteiger partial charge in [-0.05, 0) is 37.5 Å². The van der Waals surface area contributed by atoms with Gasteiger partial charge in [0, 0.05) is 0 Å². The van der Waals surface area contributed by atoms with E-state index in [1.165, 1.54) is 6.07 Å². The van der Waals surface area contributed by atoms with Crippen molar-refractivity contribution in [1.29, 1.82) is 0 Å². The van der Waals surface area contributed by atoms with Gasteiger partial charge in [0.15, 0.2) is 17.7 Å². The van der Waals surface area contributed by atoms with Gasteiger partial charge in [0.2, 0.25) is 0 Å². The highest BCUT2D eigenvalue weighted by atomic mass is 19.1. The summed E-state index contributed by atoms with van der Waals surface area (Å²) in [6.45, 7) is 7.54. The fourth-order valence-corrected chi connectivity index (χ4v) is 1.47. The van der Waals surface area contributed by atoms with E-state index >= 15 is 0 Å². The second kappa shape index (κ2) is 6.38. The molecule has 0 bridgehead atoms. The van der Waals surface area contributed by atoms with Crippen LogP contribution < -0.4 is 4.74 Å². The Morgan fingerprint density at radius 3 is 2.56 bits per heavy atom. The molecule has 1 rings (SSSR count). The monoisotopic (exact) mass is 254 g/mol. The van der Waals surface area contributed by atoms with Crippen molar-refractivity contribution in [2.75, 3.05) is 6.61 Å². The van der Waals surface area contributed by atoms with Gasteiger partial charge in [-0.3, -0.25) is 0 Å². The third-order valence-electron chi connectivity index (χ3n) is 2.54. The molecular weight excluding hydrogens is 235 g/mol. The van der Waals surface area contributed by atoms with E-state index in [1.54, 1.807) is 26.0 Å². The summed E-state index contributed by atoms with van der Waals surface area (Å²) in [6.07, 6.45) is -0.818. The number of carbonyl (C=O) groups is 1. The molecule has 1 unspecified atom stereocenters. The topological polar surface area (TPSA) is 35.5 Å². The first kappa shape index (κ1) is 14.5. The summed E-state index contributed by atoms with van der Waals surface area (Å²) in [4.78, 5) is 11.4. The molecule has 0 saturated heterocycles. The fourth-order valence-electron chi connectivity index (χ4n) is 1.47. The number of hydrogen-bond donors (Lipinski definition) is 0. The second-order valence-corrected chi connectivity index (χ2v) is 4.36. The smallest absolute Gasteiger partial charge is 0.347 e. The van der Waals surface area contributed by atoms with Crippen molar-refractivity contribution < 1.29 is 18.7 Å². The van der Waals surface area contributed by atoms with Crippen molar-refractivity contribution in [1.82, 2.24) is 0 Å². The van der Waals surface area contributed by atoms with Crippen LogP contribution >= 0.6 is 0 Å². The standard InChI is InChI=1S/C14H19FO3/c1-5-17-14(16)10(4)18-13-8-11(9(2)3)6-7-12(13)15/h6-10H,5H2,1-4H3. The molecule has 3 nitrogen and oxygen atoms in total. The Bertz CT molecular complexity index is 416. The van der Waals surface area contributed by atoms with Crippen molar-refractivity contribution in [2.45, 2.75) is 39.7 Å². The first-order valence-electron chi connectivity index (χ1n) is 6.08. The largest absolute Gasteiger partial charge is 0.476 e. The van der Waals surface area contributed by atoms with Crippen LogP contribution in [-0.2, 0) is 9.53 Å². The van der Waals surface area contributed by atoms with Crippen LogP contribution in [0.4, 0.5) is 4.39 Å². The lowest BCUT2D eigenvalue weighted by atomic mass is 10.0. The Morgan fingerprint density at radius 2 is 2.00 bits per heavy atom. The van der Waals surface area contributed by atoms with Gasteiger partial charge in [0.1, 0.15) is 0 Å². The van der Waals surface area contributed by atoms with Gasteiger partial charge in [0.05, 0.1) is 6.61 Å². The van der Waals surface area contributed by atoms with E-state index in [1.807, 2.05) is 13.8 Å². The van der Waals surface area contributed by atoms with Crippen LogP contribution in [0, 0.1) is 5.82 Å². The molecule has 0 aliphatic carbocycles. The van der Waals surface area contributed by atoms with Gasteiger partial charge < -0.3 is 9.47 Å². The number of benzene rings is 1. The van der Waals surface area contributed by atoms with Crippen LogP contribution in [0.25, 0.3) is 0 Å². The van der Waals surface area contributed by atoms with E-state index in [9.17, 15) is 9.18 Å². The highest BCUT2D eigenvalue weighted by molar-refractivity contribution is 5.74. The summed E-state index contributed by atoms with van der Waals surface area (Å²) in [5.41, 5.74) is 0.961. The highest BCUT2D eigenvalue weighted by Gasteiger charge is 2.18. The fraction of sp³-hybridized carbons (Fsp3) is 0.500. The number of esters is 1. The third kappa shape index (κ3) is 3.72. The highest BCUT2D eigenvalue weighted by Crippen LogP contribution is 2.24. The minimum Gasteiger partial charge on any atom is -0.476 e. The third-order valence-corrected chi connectivity index (χ3v) is 2.54. The van der Waals surface area contributed by atoms with Crippen molar-refractivity contribution in [2.24, 2.45) is 0 Å². The summed E-state index contributed by atoms with van der Waals surface area (Å²) in [5.74, 6) is -0.616. The van der Waals surface area contributed by atoms with Crippen LogP contribution in [0.2, 0.25) is 0 Å². The van der Waals surface area contributed by atoms with Gasteiger partial charge in [-0.25, -0.2) is 9.18 Å². The van der Waals surface area contributed by atoms with Crippen molar-refractivity contribution in [3.63, 3.8) is 0 Å². The Hall–Kier alpha value is -1.58. The lowest BCUT2D eigenvalue weighted by molar-refractivity contribution is -0.150. The van der Waals surface area contributed by atoms with E-state index in [-0.39, 0.29) is 18.3 Å². The molecule has 0 radical (unpaired) electrons. The predicted molar refractivity (Wildman–Crippen MR) is 67.2 cm³/mol. The van der Waals surface area contributed by atoms with Crippen molar-refractivity contribution in [3.05, 3.63) is 29.6 Å². The zero-order valence-electron chi connectivity index (χ0n) is 11.2. The molecule has 0 amide bonds. The number of halogens is 1. The molecule has 18 heavy (non-hydrogen) atoms. The first-order valence-corrected chi connectivity index (χ1v) is 6.08. The zero-order valence-corrected chi connectivity index (χ0v) is 11.2. The predicted octanol–water partition coefficient (Wildman–Crippen LogP) is 3.28. The summed E-state index contributed by atoms with van der Waals surface area (Å²) in [6, 6.07) is 4.68. The van der Waals surface area contributed by atoms with Crippen LogP contribution in [0.15, 0.2) is 18.2 Å². The van der Waals surface area contributed by atoms with E-state index in [4.69, 9.17) is 9.47 Å². The molecular formula is C14H19FO3. The second-order valence-electron chi connectivity index (χ2n) is 4.36. The molecule has 0 spiro atoms. The lowest BCUT2D eigenvalue weighted by Crippen LogP contribution is -2.26. The van der Waals surface area contributed by atoms with Crippen LogP contribution in [0.1, 0.15) is 39.2 Å². The van der Waals surface area contributed by atoms with Crippen LogP contribution in [0.5, 0.6) is 5.75 Å². The maximum Gasteiger partial charge on any atom is 0.347 e. The minimum absolute atomic E-state index is 0.0850. The Balaban J connectivity index is 2.83. The maximum atomic E-state index is 13.6. The average molecular weight is 254 g/mol. The Labute approximate surface area is 107 Å². The molecule has 1 aromatic rings. The van der Waals surface area contributed by atoms with Gasteiger partial charge in [-0.15, -0.1) is 0 Å². The molecule has 0 aliphatic heterocycles. The molecule has 0 fully saturated rings. The minimum atomic E-state index is -0.818. The number of hydrogen-bond acceptors (Lipinski definition) is 3. The Kier molecular flexibility index (Phi) is 5.13. The molecule has 0 heterocycles. The van der Waals surface area contributed by atoms with Crippen molar-refractivity contribution in [3.8, 4) is 5.75 Å². The van der Waals surface area contributed by atoms with Gasteiger partial charge in [-0.2, -0.15) is 0 Å². The quantitative estimate of drug-likeness (QED) is 0.756. The number of rotatable bonds is 5. The summed E-state index contributed by atoms with van der Waals surface area (Å²) < 4.78 is 23.7. The van der Waals surface area contributed by atoms with E-state index in [0.29, 0.717) is 0 Å². The zero-order chi connectivity index (χ0) is 13.7. The normalized spacial score (nSPS) is 12.3. The van der Waals surface area contributed by atoms with E-state index < -0.39 is 17.9 Å². The van der Waals surface area contributed by atoms with Gasteiger partial charge in [-0.1, -0.05) is 19.9 Å². The van der Waals surface area contributed by atoms with Crippen molar-refractivity contribution >= 4 is 5.97 Å². The van der Waals surface area contributed by atoms with Crippen LogP contribution in [-0.4, -0.2) is 18.7 Å². The maximum absolute atomic E-state index is 13.6. The van der Waals surface area contributed by atoms with Gasteiger partial charge in [0.25, 0.3) is 0 Å². The number of ether oxygens (including phenoxy) is 2. The van der Waals surface area contributed by atoms with E-state index in [2.05, 4.69) is 0 Å². The molecule has 0 aliphatic rings. The molecule has 1 aromatic carbocycles. The molecule has 100 valence electrons. The van der Waals surface area contributed by atoms with Gasteiger partial charge >= 0.3 is 5.97 Å². The molecule has 4 heteroatoms. The SMILES string of the molecule is CCOC(=O)C(C)Oc1cc(C(C)C)ccc1F. The summed E-state index contributed by atoms with van der Waals surface area (Å²) >= 11 is 0. The molecule has 0 saturated carbocycles. The Morgan fingerprint density at radius 1 is 1.33 bits per heavy atom. The number of carbonyl (C=O) groups excluding carboxylic acids is 1. The first-order chi connectivity index (χ1) is 8.45. The van der Waals surface area contributed by atoms with E-state index in [0.717, 1.165) is 5.56 Å². The summed E-state index contributed by atoms with van der Waals surface area (Å²) in [7, 11) is 0. The molecule has 0 aromatic heterocycles.